The van der Waals surface area contributed by atoms with Crippen LogP contribution in [0.15, 0.2) is 44.7 Å². The molecule has 2 heteroatoms. The molecule has 82 valence electrons. The van der Waals surface area contributed by atoms with Gasteiger partial charge in [0, 0.05) is 9.28 Å². The van der Waals surface area contributed by atoms with Gasteiger partial charge in [-0.3, -0.25) is 0 Å². The van der Waals surface area contributed by atoms with E-state index in [0.717, 1.165) is 12.1 Å². The minimum atomic E-state index is 0.542. The van der Waals surface area contributed by atoms with Crippen LogP contribution in [0.25, 0.3) is 0 Å². The van der Waals surface area contributed by atoms with Crippen molar-refractivity contribution in [2.75, 3.05) is 0 Å². The third-order valence-corrected chi connectivity index (χ3v) is 3.82. The molecular weight excluding hydrogens is 297 g/mol. The first-order valence-electron chi connectivity index (χ1n) is 5.23. The molecule has 0 aromatic rings. The number of allylic oxidation sites excluding steroid dienone is 8. The Morgan fingerprint density at radius 1 is 1.47 bits per heavy atom. The van der Waals surface area contributed by atoms with Crippen molar-refractivity contribution in [3.05, 3.63) is 44.7 Å². The maximum atomic E-state index is 5.86. The average Bonchev–Trinajstić information content (AvgIpc) is 2.40. The Bertz CT molecular complexity index is 353. The van der Waals surface area contributed by atoms with E-state index in [0.29, 0.717) is 5.92 Å². The summed E-state index contributed by atoms with van der Waals surface area (Å²) in [6.45, 7) is 6.40. The molecule has 2 N–H and O–H groups in total. The first kappa shape index (κ1) is 12.6. The molecule has 0 saturated carbocycles. The van der Waals surface area contributed by atoms with Crippen LogP contribution in [-0.2, 0) is 0 Å². The lowest BCUT2D eigenvalue weighted by Crippen LogP contribution is -2.02. The molecule has 0 unspecified atom stereocenters. The first-order valence-corrected chi connectivity index (χ1v) is 6.31. The largest absolute Gasteiger partial charge is 0.401 e. The maximum absolute atomic E-state index is 5.86. The van der Waals surface area contributed by atoms with Gasteiger partial charge in [-0.1, -0.05) is 38.2 Å². The zero-order chi connectivity index (χ0) is 11.4. The Hall–Kier alpha value is -0.510. The topological polar surface area (TPSA) is 26.0 Å². The molecule has 0 spiro atoms. The number of rotatable bonds is 2. The Morgan fingerprint density at radius 3 is 2.67 bits per heavy atom. The van der Waals surface area contributed by atoms with Crippen LogP contribution in [0.1, 0.15) is 27.2 Å². The van der Waals surface area contributed by atoms with Crippen LogP contribution in [-0.4, -0.2) is 0 Å². The number of hydrogen-bond acceptors (Lipinski definition) is 1. The monoisotopic (exact) mass is 315 g/mol. The summed E-state index contributed by atoms with van der Waals surface area (Å²) in [5.74, 6) is 0.542. The molecule has 1 nitrogen and oxygen atoms in total. The molecule has 0 heterocycles. The van der Waals surface area contributed by atoms with Crippen molar-refractivity contribution >= 4 is 22.6 Å². The van der Waals surface area contributed by atoms with Crippen LogP contribution >= 0.6 is 22.6 Å². The van der Waals surface area contributed by atoms with Gasteiger partial charge < -0.3 is 5.73 Å². The molecule has 0 atom stereocenters. The zero-order valence-electron chi connectivity index (χ0n) is 9.55. The van der Waals surface area contributed by atoms with Crippen LogP contribution in [0.4, 0.5) is 0 Å². The fraction of sp³-hybridized carbons (Fsp3) is 0.385. The Labute approximate surface area is 106 Å². The lowest BCUT2D eigenvalue weighted by molar-refractivity contribution is 0.778. The summed E-state index contributed by atoms with van der Waals surface area (Å²) in [4.78, 5) is 0. The van der Waals surface area contributed by atoms with E-state index < -0.39 is 0 Å². The SMILES string of the molecule is C/C(N)=C(\I)C1=CC=CCC=C1C(C)C. The van der Waals surface area contributed by atoms with E-state index in [-0.39, 0.29) is 0 Å². The van der Waals surface area contributed by atoms with E-state index in [1.54, 1.807) is 0 Å². The van der Waals surface area contributed by atoms with Crippen molar-refractivity contribution in [3.63, 3.8) is 0 Å². The minimum absolute atomic E-state index is 0.542. The molecule has 15 heavy (non-hydrogen) atoms. The predicted octanol–water partition coefficient (Wildman–Crippen LogP) is 4.08. The lowest BCUT2D eigenvalue weighted by Gasteiger charge is -2.15. The summed E-state index contributed by atoms with van der Waals surface area (Å²) in [5, 5.41) is 0. The fourth-order valence-corrected chi connectivity index (χ4v) is 2.09. The second-order valence-corrected chi connectivity index (χ2v) is 5.13. The van der Waals surface area contributed by atoms with Gasteiger partial charge in [0.15, 0.2) is 0 Å². The van der Waals surface area contributed by atoms with Crippen LogP contribution in [0.5, 0.6) is 0 Å². The number of hydrogen-bond donors (Lipinski definition) is 1. The van der Waals surface area contributed by atoms with E-state index in [1.165, 1.54) is 14.7 Å². The van der Waals surface area contributed by atoms with Crippen molar-refractivity contribution in [2.24, 2.45) is 11.7 Å². The Kier molecular flexibility index (Phi) is 4.64. The summed E-state index contributed by atoms with van der Waals surface area (Å²) in [6.07, 6.45) is 9.76. The van der Waals surface area contributed by atoms with E-state index in [2.05, 4.69) is 60.7 Å². The third-order valence-electron chi connectivity index (χ3n) is 2.39. The summed E-state index contributed by atoms with van der Waals surface area (Å²) in [5.41, 5.74) is 9.43. The Morgan fingerprint density at radius 2 is 2.13 bits per heavy atom. The van der Waals surface area contributed by atoms with Crippen LogP contribution in [0.2, 0.25) is 0 Å². The van der Waals surface area contributed by atoms with Crippen LogP contribution in [0.3, 0.4) is 0 Å². The van der Waals surface area contributed by atoms with Gasteiger partial charge in [0.1, 0.15) is 0 Å². The predicted molar refractivity (Wildman–Crippen MR) is 75.7 cm³/mol. The summed E-state index contributed by atoms with van der Waals surface area (Å²) >= 11 is 2.33. The highest BCUT2D eigenvalue weighted by Gasteiger charge is 2.13. The van der Waals surface area contributed by atoms with Crippen LogP contribution in [0, 0.1) is 5.92 Å². The normalized spacial score (nSPS) is 18.2. The minimum Gasteiger partial charge on any atom is -0.401 e. The van der Waals surface area contributed by atoms with Crippen molar-refractivity contribution < 1.29 is 0 Å². The highest BCUT2D eigenvalue weighted by atomic mass is 127. The molecule has 0 radical (unpaired) electrons. The second kappa shape index (κ2) is 5.54. The fourth-order valence-electron chi connectivity index (χ4n) is 1.60. The van der Waals surface area contributed by atoms with Crippen molar-refractivity contribution in [3.8, 4) is 0 Å². The van der Waals surface area contributed by atoms with Gasteiger partial charge in [-0.05, 0) is 53.0 Å². The quantitative estimate of drug-likeness (QED) is 0.764. The molecule has 0 aromatic heterocycles. The van der Waals surface area contributed by atoms with Gasteiger partial charge in [0.05, 0.1) is 0 Å². The molecule has 0 aromatic carbocycles. The van der Waals surface area contributed by atoms with Gasteiger partial charge in [-0.15, -0.1) is 0 Å². The molecule has 0 aliphatic heterocycles. The van der Waals surface area contributed by atoms with Gasteiger partial charge in [-0.2, -0.15) is 0 Å². The van der Waals surface area contributed by atoms with E-state index in [4.69, 9.17) is 5.73 Å². The molecule has 0 saturated heterocycles. The van der Waals surface area contributed by atoms with E-state index >= 15 is 0 Å². The highest BCUT2D eigenvalue weighted by Crippen LogP contribution is 2.32. The first-order chi connectivity index (χ1) is 7.04. The van der Waals surface area contributed by atoms with Crippen molar-refractivity contribution in [2.45, 2.75) is 27.2 Å². The Balaban J connectivity index is 3.17. The molecule has 1 aliphatic carbocycles. The van der Waals surface area contributed by atoms with Crippen molar-refractivity contribution in [1.29, 1.82) is 0 Å². The summed E-state index contributed by atoms with van der Waals surface area (Å²) < 4.78 is 1.17. The van der Waals surface area contributed by atoms with Gasteiger partial charge in [0.2, 0.25) is 0 Å². The second-order valence-electron chi connectivity index (χ2n) is 4.06. The third kappa shape index (κ3) is 3.23. The highest BCUT2D eigenvalue weighted by molar-refractivity contribution is 14.1. The lowest BCUT2D eigenvalue weighted by atomic mass is 9.94. The van der Waals surface area contributed by atoms with Gasteiger partial charge >= 0.3 is 0 Å². The summed E-state index contributed by atoms with van der Waals surface area (Å²) in [6, 6.07) is 0. The molecule has 0 fully saturated rings. The molecular formula is C13H18IN. The molecule has 1 rings (SSSR count). The number of halogens is 1. The van der Waals surface area contributed by atoms with Gasteiger partial charge in [-0.25, -0.2) is 0 Å². The summed E-state index contributed by atoms with van der Waals surface area (Å²) in [7, 11) is 0. The van der Waals surface area contributed by atoms with E-state index in [9.17, 15) is 0 Å². The average molecular weight is 315 g/mol. The van der Waals surface area contributed by atoms with E-state index in [1.807, 2.05) is 6.92 Å². The molecule has 0 bridgehead atoms. The van der Waals surface area contributed by atoms with Crippen LogP contribution < -0.4 is 5.73 Å². The van der Waals surface area contributed by atoms with Gasteiger partial charge in [0.25, 0.3) is 0 Å². The maximum Gasteiger partial charge on any atom is 0.0389 e. The standard InChI is InChI=1S/C13H18IN/c1-9(2)11-7-5-4-6-8-12(11)13(14)10(3)15/h4,6-9H,5,15H2,1-3H3/b13-10+. The molecule has 0 amide bonds. The van der Waals surface area contributed by atoms with Crippen molar-refractivity contribution in [1.82, 2.24) is 0 Å². The smallest absolute Gasteiger partial charge is 0.0389 e. The zero-order valence-corrected chi connectivity index (χ0v) is 11.7. The molecule has 1 aliphatic rings. The number of nitrogens with two attached hydrogens (primary N) is 1.